The number of fused-ring (bicyclic) bond motifs is 6. The number of hydrogen-bond acceptors (Lipinski definition) is 25. The predicted octanol–water partition coefficient (Wildman–Crippen LogP) is -2.31. The summed E-state index contributed by atoms with van der Waals surface area (Å²) in [5.41, 5.74) is 18.8. The average molecular weight is 1850 g/mol. The molecule has 41 nitrogen and oxygen atoms in total. The highest BCUT2D eigenvalue weighted by Crippen LogP contribution is 2.27. The Hall–Kier alpha value is -12.9. The second-order valence-electron chi connectivity index (χ2n) is 32.1. The lowest BCUT2D eigenvalue weighted by molar-refractivity contribution is -0.142. The summed E-state index contributed by atoms with van der Waals surface area (Å²) in [6.45, 7) is 8.45. The van der Waals surface area contributed by atoms with E-state index in [1.807, 2.05) is 0 Å². The number of carbonyl (C=O) groups excluding carboxylic acids is 15. The highest BCUT2D eigenvalue weighted by atomic mass is 32.2. The molecule has 0 aromatic heterocycles. The molecule has 2 aliphatic heterocycles. The van der Waals surface area contributed by atoms with Gasteiger partial charge in [-0.05, 0) is 95.3 Å². The standard InChI is InChI=1S/C85H109N17O24S3/c1-42(86)72(114)101-64-41-129-38-49-28-47-27-48(29-49)37-128-40-63(90-44(3)91-76(118)58(32-51-17-12-16-50-15-10-11-18-53(50)51)97-74(116)54(23-25-66(105)106)92-79(121)59(33-65(87)104)94-73(115)43(2)89-82(64)124)83(125)93-55(24-26-67(107)108)75(117)98-60(34-68(109)110)80(122)96-56(30-45-13-8-7-9-14-45)77(119)95-57(31-46-19-21-52(103)22-20-46)78(120)99-61(35-69(111)112)81(123)102-70(85(4,5)6)84(126)100-62(71(88)113)39-127-36-47/h7-22,27-29,42-44,54-64,70,90,103H,23-26,30-41,86H2,1-6H3,(H2,87,104)(H2,88,113)(H,89,124)(H,91,118)(H,92,121)(H,93,125)(H,94,115)(H,95,119)(H,96,122)(H,97,116)(H,98,117)(H,99,120)(H,100,126)(H,101,114)(H,102,123)(H,105,106)(H,107,108)(H,109,110)(H,111,112)/t42-,43+,44+,54-,55-,56-,57-,58-,59-,60-,61-,62-,63+,64-,70+/m0/s1. The minimum Gasteiger partial charge on any atom is -0.508 e. The van der Waals surface area contributed by atoms with E-state index in [1.165, 1.54) is 77.9 Å². The van der Waals surface area contributed by atoms with Gasteiger partial charge in [0.25, 0.3) is 0 Å². The minimum absolute atomic E-state index is 0.0224. The molecule has 5 aromatic carbocycles. The van der Waals surface area contributed by atoms with Gasteiger partial charge in [-0.15, -0.1) is 0 Å². The Bertz CT molecular complexity index is 4940. The number of phenols is 1. The van der Waals surface area contributed by atoms with Gasteiger partial charge in [-0.1, -0.05) is 124 Å². The van der Waals surface area contributed by atoms with Crippen molar-refractivity contribution in [3.8, 4) is 5.75 Å². The van der Waals surface area contributed by atoms with E-state index in [2.05, 4.69) is 74.4 Å². The number of nitrogens with two attached hydrogens (primary N) is 3. The molecule has 44 heteroatoms. The van der Waals surface area contributed by atoms with Crippen LogP contribution in [-0.2, 0) is 128 Å². The van der Waals surface area contributed by atoms with Crippen molar-refractivity contribution in [1.29, 1.82) is 0 Å². The van der Waals surface area contributed by atoms with Crippen LogP contribution in [0, 0.1) is 5.41 Å². The number of aliphatic carboxylic acids is 4. The molecule has 5 aromatic rings. The van der Waals surface area contributed by atoms with Gasteiger partial charge in [0.1, 0.15) is 78.3 Å². The number of nitrogens with one attached hydrogen (secondary N) is 14. The van der Waals surface area contributed by atoms with Gasteiger partial charge in [-0.2, -0.15) is 35.3 Å². The van der Waals surface area contributed by atoms with E-state index in [9.17, 15) is 102 Å². The molecule has 7 rings (SSSR count). The number of phenolic OH excluding ortho intramolecular Hbond substituents is 1. The summed E-state index contributed by atoms with van der Waals surface area (Å²) in [5.74, 6) is -24.4. The number of thioether (sulfide) groups is 3. The molecule has 15 atom stereocenters. The van der Waals surface area contributed by atoms with E-state index in [4.69, 9.17) is 17.2 Å². The first-order chi connectivity index (χ1) is 60.9. The summed E-state index contributed by atoms with van der Waals surface area (Å²) in [4.78, 5) is 267. The zero-order valence-electron chi connectivity index (χ0n) is 71.4. The van der Waals surface area contributed by atoms with Crippen molar-refractivity contribution in [2.24, 2.45) is 22.6 Å². The van der Waals surface area contributed by atoms with Crippen molar-refractivity contribution in [1.82, 2.24) is 74.4 Å². The lowest BCUT2D eigenvalue weighted by Crippen LogP contribution is -2.62. The van der Waals surface area contributed by atoms with Crippen LogP contribution in [0.1, 0.15) is 120 Å². The van der Waals surface area contributed by atoms with Crippen molar-refractivity contribution in [3.05, 3.63) is 149 Å². The summed E-state index contributed by atoms with van der Waals surface area (Å²) < 4.78 is 0. The van der Waals surface area contributed by atoms with Gasteiger partial charge in [-0.25, -0.2) is 0 Å². The van der Waals surface area contributed by atoms with Crippen LogP contribution >= 0.6 is 35.3 Å². The van der Waals surface area contributed by atoms with Crippen LogP contribution in [0.3, 0.4) is 0 Å². The molecule has 0 unspecified atom stereocenters. The smallest absolute Gasteiger partial charge is 0.305 e. The van der Waals surface area contributed by atoms with E-state index >= 15 is 14.4 Å². The van der Waals surface area contributed by atoms with Gasteiger partial charge >= 0.3 is 23.9 Å². The van der Waals surface area contributed by atoms with Crippen molar-refractivity contribution in [2.75, 3.05) is 17.3 Å². The zero-order chi connectivity index (χ0) is 95.1. The van der Waals surface area contributed by atoms with Crippen LogP contribution in [0.2, 0.25) is 0 Å². The molecule has 0 spiro atoms. The van der Waals surface area contributed by atoms with Crippen LogP contribution in [-0.4, -0.2) is 246 Å². The number of benzene rings is 5. The van der Waals surface area contributed by atoms with Crippen LogP contribution in [0.4, 0.5) is 0 Å². The maximum absolute atomic E-state index is 15.4. The summed E-state index contributed by atoms with van der Waals surface area (Å²) in [5, 5.41) is 87.5. The first kappa shape index (κ1) is 103. The molecular formula is C85H109N17O24S3. The van der Waals surface area contributed by atoms with Gasteiger partial charge in [0.2, 0.25) is 88.6 Å². The largest absolute Gasteiger partial charge is 0.508 e. The number of carbonyl (C=O) groups is 19. The van der Waals surface area contributed by atoms with Crippen molar-refractivity contribution in [3.63, 3.8) is 0 Å². The van der Waals surface area contributed by atoms with E-state index < -0.39 is 266 Å². The van der Waals surface area contributed by atoms with Gasteiger partial charge in [0, 0.05) is 66.6 Å². The Balaban J connectivity index is 1.40. The SMILES string of the molecule is C[C@H]1NC(=O)[C@H](Cc2cccc3ccccc23)NC(=O)[C@H](CCC(=O)O)NC(=O)[C@H](CC(N)=O)NC(=O)[C@@H](C)NC(=O)[C@@H](NC(=O)[C@H](C)N)CSCc2cc3cc(c2)CSC[C@@H](N1)C(=O)N[C@@H](CCC(=O)O)C(=O)N[C@@H](CC(=O)O)C(=O)N[C@@H](Cc1ccccc1)C(=O)N[C@@H](Cc1ccc(O)cc1)C(=O)N[C@@H](CC(=O)O)C(=O)N[C@@H](C(C)(C)C)C(=O)N[C@H](C(N)=O)CSC3. The fourth-order valence-corrected chi connectivity index (χ4v) is 16.6. The number of amides is 15. The molecule has 0 saturated heterocycles. The van der Waals surface area contributed by atoms with E-state index in [1.54, 1.807) is 78.9 Å². The molecule has 696 valence electrons. The first-order valence-electron chi connectivity index (χ1n) is 40.9. The Morgan fingerprint density at radius 1 is 0.442 bits per heavy atom. The third kappa shape index (κ3) is 34.0. The van der Waals surface area contributed by atoms with Crippen LogP contribution in [0.25, 0.3) is 10.8 Å². The molecule has 25 N–H and O–H groups in total. The molecule has 0 radical (unpaired) electrons. The number of hydrogen-bond donors (Lipinski definition) is 22. The van der Waals surface area contributed by atoms with Gasteiger partial charge in [0.05, 0.1) is 37.5 Å². The van der Waals surface area contributed by atoms with Gasteiger partial charge in [-0.3, -0.25) is 96.4 Å². The predicted molar refractivity (Wildman–Crippen MR) is 472 cm³/mol. The van der Waals surface area contributed by atoms with E-state index in [0.29, 0.717) is 38.6 Å². The third-order valence-electron chi connectivity index (χ3n) is 20.3. The first-order valence-corrected chi connectivity index (χ1v) is 44.4. The molecule has 2 aliphatic rings. The molecule has 0 aliphatic carbocycles. The molecule has 129 heavy (non-hydrogen) atoms. The molecule has 4 bridgehead atoms. The summed E-state index contributed by atoms with van der Waals surface area (Å²) >= 11 is 3.22. The number of primary amides is 2. The normalized spacial score (nSPS) is 24.2. The van der Waals surface area contributed by atoms with Crippen LogP contribution in [0.15, 0.2) is 115 Å². The quantitative estimate of drug-likeness (QED) is 0.0367. The fourth-order valence-electron chi connectivity index (χ4n) is 13.6. The average Bonchev–Trinajstić information content (AvgIpc) is 0.841. The fraction of sp³-hybridized carbons (Fsp3) is 0.447. The number of aromatic hydroxyl groups is 1. The van der Waals surface area contributed by atoms with E-state index in [-0.39, 0.29) is 52.3 Å². The Kier molecular flexibility index (Phi) is 39.5. The molecule has 2 heterocycles. The van der Waals surface area contributed by atoms with Crippen molar-refractivity contribution < 1.29 is 117 Å². The summed E-state index contributed by atoms with van der Waals surface area (Å²) in [6.07, 6.45) is -9.10. The summed E-state index contributed by atoms with van der Waals surface area (Å²) in [6, 6.07) is 5.87. The molecule has 0 fully saturated rings. The maximum Gasteiger partial charge on any atom is 0.305 e. The highest BCUT2D eigenvalue weighted by molar-refractivity contribution is 7.99. The van der Waals surface area contributed by atoms with Gasteiger partial charge < -0.3 is 112 Å². The van der Waals surface area contributed by atoms with E-state index in [0.717, 1.165) is 35.3 Å². The Morgan fingerprint density at radius 2 is 0.868 bits per heavy atom. The topological polar surface area (TPSA) is 672 Å². The second kappa shape index (κ2) is 49.4. The lowest BCUT2D eigenvalue weighted by atomic mass is 9.85. The molecule has 0 saturated carbocycles. The van der Waals surface area contributed by atoms with Crippen LogP contribution in [0.5, 0.6) is 5.75 Å². The lowest BCUT2D eigenvalue weighted by Gasteiger charge is -2.33. The maximum atomic E-state index is 15.4. The molecular weight excluding hydrogens is 1740 g/mol. The molecule has 15 amide bonds. The number of carboxylic acids is 4. The monoisotopic (exact) mass is 1850 g/mol. The Labute approximate surface area is 753 Å². The minimum atomic E-state index is -2.19. The highest BCUT2D eigenvalue weighted by Gasteiger charge is 2.41. The number of carboxylic acid groups (broad SMARTS) is 4. The van der Waals surface area contributed by atoms with Crippen LogP contribution < -0.4 is 91.6 Å². The second-order valence-corrected chi connectivity index (χ2v) is 35.2. The third-order valence-corrected chi connectivity index (χ3v) is 23.6. The summed E-state index contributed by atoms with van der Waals surface area (Å²) in [7, 11) is 0. The number of rotatable bonds is 21. The zero-order valence-corrected chi connectivity index (χ0v) is 73.8. The Morgan fingerprint density at radius 3 is 1.37 bits per heavy atom. The van der Waals surface area contributed by atoms with Gasteiger partial charge in [0.15, 0.2) is 0 Å². The van der Waals surface area contributed by atoms with Crippen molar-refractivity contribution in [2.45, 2.75) is 214 Å². The van der Waals surface area contributed by atoms with Crippen molar-refractivity contribution >= 4 is 159 Å².